The standard InChI is InChI=1S/C20H26N2O4/c1-26-19(25)20(12-4-2-5-13-20)21-18(24)15-8-10-16(11-9-15)22-14-6-3-7-17(22)23/h8-11H,2-7,12-14H2,1H3,(H,21,24). The van der Waals surface area contributed by atoms with Crippen LogP contribution in [0.3, 0.4) is 0 Å². The van der Waals surface area contributed by atoms with Crippen molar-refractivity contribution in [2.75, 3.05) is 18.6 Å². The molecule has 6 heteroatoms. The topological polar surface area (TPSA) is 75.7 Å². The number of carbonyl (C=O) groups excluding carboxylic acids is 3. The molecule has 1 heterocycles. The average Bonchev–Trinajstić information content (AvgIpc) is 2.68. The number of nitrogens with zero attached hydrogens (tertiary/aromatic N) is 1. The van der Waals surface area contributed by atoms with Crippen LogP contribution in [0.1, 0.15) is 61.7 Å². The van der Waals surface area contributed by atoms with E-state index in [0.29, 0.717) is 24.8 Å². The molecule has 0 unspecified atom stereocenters. The molecule has 1 aromatic rings. The van der Waals surface area contributed by atoms with Gasteiger partial charge in [-0.15, -0.1) is 0 Å². The molecule has 1 aliphatic heterocycles. The second-order valence-corrected chi connectivity index (χ2v) is 7.14. The van der Waals surface area contributed by atoms with Crippen LogP contribution in [0.25, 0.3) is 0 Å². The fourth-order valence-electron chi connectivity index (χ4n) is 3.89. The Hall–Kier alpha value is -2.37. The van der Waals surface area contributed by atoms with E-state index in [0.717, 1.165) is 44.3 Å². The third kappa shape index (κ3) is 3.74. The molecule has 3 rings (SSSR count). The van der Waals surface area contributed by atoms with Gasteiger partial charge in [-0.05, 0) is 49.9 Å². The van der Waals surface area contributed by atoms with E-state index >= 15 is 0 Å². The summed E-state index contributed by atoms with van der Waals surface area (Å²) in [5.41, 5.74) is 0.365. The summed E-state index contributed by atoms with van der Waals surface area (Å²) in [5.74, 6) is -0.532. The lowest BCUT2D eigenvalue weighted by molar-refractivity contribution is -0.149. The van der Waals surface area contributed by atoms with Crippen LogP contribution < -0.4 is 10.2 Å². The number of carbonyl (C=O) groups is 3. The summed E-state index contributed by atoms with van der Waals surface area (Å²) in [6.45, 7) is 0.718. The number of hydrogen-bond donors (Lipinski definition) is 1. The summed E-state index contributed by atoms with van der Waals surface area (Å²) in [6.07, 6.45) is 6.56. The van der Waals surface area contributed by atoms with Crippen molar-refractivity contribution in [2.45, 2.75) is 56.9 Å². The van der Waals surface area contributed by atoms with Crippen LogP contribution in [0.2, 0.25) is 0 Å². The Morgan fingerprint density at radius 1 is 1.04 bits per heavy atom. The van der Waals surface area contributed by atoms with E-state index in [-0.39, 0.29) is 17.8 Å². The van der Waals surface area contributed by atoms with Crippen molar-refractivity contribution < 1.29 is 19.1 Å². The van der Waals surface area contributed by atoms with Crippen molar-refractivity contribution in [3.05, 3.63) is 29.8 Å². The van der Waals surface area contributed by atoms with Gasteiger partial charge in [0.2, 0.25) is 5.91 Å². The summed E-state index contributed by atoms with van der Waals surface area (Å²) >= 11 is 0. The van der Waals surface area contributed by atoms with E-state index in [1.165, 1.54) is 7.11 Å². The number of rotatable bonds is 4. The molecule has 1 N–H and O–H groups in total. The number of hydrogen-bond acceptors (Lipinski definition) is 4. The molecule has 0 radical (unpaired) electrons. The summed E-state index contributed by atoms with van der Waals surface area (Å²) in [4.78, 5) is 38.8. The lowest BCUT2D eigenvalue weighted by Crippen LogP contribution is -2.56. The molecule has 6 nitrogen and oxygen atoms in total. The molecule has 2 fully saturated rings. The molecule has 1 saturated heterocycles. The molecule has 2 aliphatic rings. The molecule has 0 spiro atoms. The first-order valence-corrected chi connectivity index (χ1v) is 9.37. The molecule has 140 valence electrons. The van der Waals surface area contributed by atoms with Gasteiger partial charge in [0, 0.05) is 24.2 Å². The Morgan fingerprint density at radius 3 is 2.35 bits per heavy atom. The second-order valence-electron chi connectivity index (χ2n) is 7.14. The number of piperidine rings is 1. The Bertz CT molecular complexity index is 678. The van der Waals surface area contributed by atoms with E-state index < -0.39 is 5.54 Å². The summed E-state index contributed by atoms with van der Waals surface area (Å²) in [5, 5.41) is 2.91. The monoisotopic (exact) mass is 358 g/mol. The van der Waals surface area contributed by atoms with Gasteiger partial charge in [-0.1, -0.05) is 19.3 Å². The molecule has 1 aromatic carbocycles. The number of benzene rings is 1. The van der Waals surface area contributed by atoms with Gasteiger partial charge in [0.1, 0.15) is 5.54 Å². The Morgan fingerprint density at radius 2 is 1.73 bits per heavy atom. The fourth-order valence-corrected chi connectivity index (χ4v) is 3.89. The third-order valence-corrected chi connectivity index (χ3v) is 5.40. The van der Waals surface area contributed by atoms with Gasteiger partial charge < -0.3 is 15.0 Å². The van der Waals surface area contributed by atoms with Gasteiger partial charge in [0.25, 0.3) is 5.91 Å². The zero-order chi connectivity index (χ0) is 18.6. The van der Waals surface area contributed by atoms with Crippen LogP contribution in [0.15, 0.2) is 24.3 Å². The van der Waals surface area contributed by atoms with Gasteiger partial charge in [-0.3, -0.25) is 9.59 Å². The maximum atomic E-state index is 12.7. The lowest BCUT2D eigenvalue weighted by atomic mass is 9.81. The molecule has 2 amide bonds. The van der Waals surface area contributed by atoms with E-state index in [1.807, 2.05) is 0 Å². The molecule has 1 saturated carbocycles. The van der Waals surface area contributed by atoms with E-state index in [1.54, 1.807) is 29.2 Å². The summed E-state index contributed by atoms with van der Waals surface area (Å²) in [7, 11) is 1.36. The van der Waals surface area contributed by atoms with Crippen molar-refractivity contribution in [3.63, 3.8) is 0 Å². The SMILES string of the molecule is COC(=O)C1(NC(=O)c2ccc(N3CCCCC3=O)cc2)CCCCC1. The van der Waals surface area contributed by atoms with Crippen LogP contribution in [0, 0.1) is 0 Å². The highest BCUT2D eigenvalue weighted by atomic mass is 16.5. The minimum atomic E-state index is -0.925. The quantitative estimate of drug-likeness (QED) is 0.840. The number of esters is 1. The molecule has 26 heavy (non-hydrogen) atoms. The minimum absolute atomic E-state index is 0.125. The van der Waals surface area contributed by atoms with Gasteiger partial charge in [0.05, 0.1) is 7.11 Å². The zero-order valence-electron chi connectivity index (χ0n) is 15.3. The largest absolute Gasteiger partial charge is 0.467 e. The zero-order valence-corrected chi connectivity index (χ0v) is 15.3. The summed E-state index contributed by atoms with van der Waals surface area (Å²) in [6, 6.07) is 7.01. The van der Waals surface area contributed by atoms with Gasteiger partial charge >= 0.3 is 5.97 Å². The maximum absolute atomic E-state index is 12.7. The maximum Gasteiger partial charge on any atom is 0.331 e. The highest BCUT2D eigenvalue weighted by Crippen LogP contribution is 2.30. The first-order chi connectivity index (χ1) is 12.6. The molecule has 0 bridgehead atoms. The highest BCUT2D eigenvalue weighted by molar-refractivity contribution is 5.99. The second kappa shape index (κ2) is 7.89. The molecule has 1 aliphatic carbocycles. The molecular weight excluding hydrogens is 332 g/mol. The van der Waals surface area contributed by atoms with Crippen LogP contribution in [0.5, 0.6) is 0 Å². The highest BCUT2D eigenvalue weighted by Gasteiger charge is 2.42. The van der Waals surface area contributed by atoms with Crippen molar-refractivity contribution in [3.8, 4) is 0 Å². The predicted molar refractivity (Wildman–Crippen MR) is 97.9 cm³/mol. The van der Waals surface area contributed by atoms with Gasteiger partial charge in [-0.2, -0.15) is 0 Å². The Kier molecular flexibility index (Phi) is 5.59. The van der Waals surface area contributed by atoms with E-state index in [9.17, 15) is 14.4 Å². The molecule has 0 atom stereocenters. The van der Waals surface area contributed by atoms with Gasteiger partial charge in [-0.25, -0.2) is 4.79 Å². The van der Waals surface area contributed by atoms with Crippen molar-refractivity contribution in [1.82, 2.24) is 5.32 Å². The predicted octanol–water partition coefficient (Wildman–Crippen LogP) is 2.81. The van der Waals surface area contributed by atoms with Crippen molar-refractivity contribution in [2.24, 2.45) is 0 Å². The average molecular weight is 358 g/mol. The lowest BCUT2D eigenvalue weighted by Gasteiger charge is -2.35. The number of amides is 2. The van der Waals surface area contributed by atoms with Crippen LogP contribution in [0.4, 0.5) is 5.69 Å². The Labute approximate surface area is 153 Å². The smallest absolute Gasteiger partial charge is 0.331 e. The van der Waals surface area contributed by atoms with Crippen LogP contribution >= 0.6 is 0 Å². The van der Waals surface area contributed by atoms with Crippen molar-refractivity contribution in [1.29, 1.82) is 0 Å². The summed E-state index contributed by atoms with van der Waals surface area (Å²) < 4.78 is 4.94. The van der Waals surface area contributed by atoms with Crippen LogP contribution in [-0.4, -0.2) is 37.0 Å². The number of anilines is 1. The number of ether oxygens (including phenoxy) is 1. The minimum Gasteiger partial charge on any atom is -0.467 e. The van der Waals surface area contributed by atoms with Gasteiger partial charge in [0.15, 0.2) is 0 Å². The first-order valence-electron chi connectivity index (χ1n) is 9.37. The van der Waals surface area contributed by atoms with Crippen molar-refractivity contribution >= 4 is 23.5 Å². The van der Waals surface area contributed by atoms with E-state index in [4.69, 9.17) is 4.74 Å². The normalized spacial score (nSPS) is 19.7. The third-order valence-electron chi connectivity index (χ3n) is 5.40. The molecular formula is C20H26N2O4. The molecule has 0 aromatic heterocycles. The van der Waals surface area contributed by atoms with Crippen LogP contribution in [-0.2, 0) is 14.3 Å². The number of methoxy groups -OCH3 is 1. The first kappa shape index (κ1) is 18.4. The number of nitrogens with one attached hydrogen (secondary N) is 1. The fraction of sp³-hybridized carbons (Fsp3) is 0.550. The van der Waals surface area contributed by atoms with E-state index in [2.05, 4.69) is 5.32 Å². The Balaban J connectivity index is 1.73.